The maximum Gasteiger partial charge on any atom is 0.0357 e. The first-order chi connectivity index (χ1) is 14.5. The molecule has 0 radical (unpaired) electrons. The van der Waals surface area contributed by atoms with Crippen LogP contribution in [-0.4, -0.2) is 0 Å². The van der Waals surface area contributed by atoms with E-state index in [0.717, 1.165) is 0 Å². The van der Waals surface area contributed by atoms with Crippen molar-refractivity contribution in [2.45, 2.75) is 90.9 Å². The Morgan fingerprint density at radius 3 is 2.23 bits per heavy atom. The molecule has 0 aliphatic carbocycles. The fraction of sp³-hybridized carbons (Fsp3) is 0.500. The van der Waals surface area contributed by atoms with E-state index in [2.05, 4.69) is 86.1 Å². The number of hydrogen-bond donors (Lipinski definition) is 0. The van der Waals surface area contributed by atoms with Crippen LogP contribution in [-0.2, 0) is 5.41 Å². The van der Waals surface area contributed by atoms with Crippen LogP contribution in [0.4, 0.5) is 0 Å². The van der Waals surface area contributed by atoms with Crippen LogP contribution in [0.25, 0.3) is 21.2 Å². The molecular weight excluding hydrogens is 448 g/mol. The Bertz CT molecular complexity index is 948. The predicted octanol–water partition coefficient (Wildman–Crippen LogP) is 10.4. The Morgan fingerprint density at radius 2 is 1.57 bits per heavy atom. The monoisotopic (exact) mass is 484 g/mol. The van der Waals surface area contributed by atoms with Gasteiger partial charge in [-0.3, -0.25) is 0 Å². The van der Waals surface area contributed by atoms with E-state index in [1.807, 2.05) is 11.3 Å². The van der Waals surface area contributed by atoms with Crippen LogP contribution in [0.5, 0.6) is 0 Å². The lowest BCUT2D eigenvalue weighted by atomic mass is 9.72. The molecule has 0 saturated heterocycles. The van der Waals surface area contributed by atoms with Gasteiger partial charge >= 0.3 is 0 Å². The highest BCUT2D eigenvalue weighted by atomic mass is 79.9. The second-order valence-electron chi connectivity index (χ2n) is 8.78. The third kappa shape index (κ3) is 5.19. The normalized spacial score (nSPS) is 12.0. The van der Waals surface area contributed by atoms with Crippen LogP contribution in [0, 0.1) is 6.92 Å². The van der Waals surface area contributed by atoms with Gasteiger partial charge < -0.3 is 0 Å². The van der Waals surface area contributed by atoms with Gasteiger partial charge in [0.15, 0.2) is 0 Å². The van der Waals surface area contributed by atoms with Gasteiger partial charge in [-0.15, -0.1) is 11.3 Å². The number of benzene rings is 2. The second-order valence-corrected chi connectivity index (χ2v) is 10.9. The minimum atomic E-state index is 0.314. The highest BCUT2D eigenvalue weighted by molar-refractivity contribution is 9.10. The minimum Gasteiger partial charge on any atom is -0.141 e. The summed E-state index contributed by atoms with van der Waals surface area (Å²) in [5, 5.41) is 2.67. The van der Waals surface area contributed by atoms with Crippen molar-refractivity contribution in [3.8, 4) is 10.4 Å². The van der Waals surface area contributed by atoms with Gasteiger partial charge in [0.05, 0.1) is 0 Å². The van der Waals surface area contributed by atoms with Crippen molar-refractivity contribution >= 4 is 38.0 Å². The van der Waals surface area contributed by atoms with Crippen LogP contribution in [0.2, 0.25) is 0 Å². The molecule has 3 rings (SSSR count). The van der Waals surface area contributed by atoms with Crippen molar-refractivity contribution in [2.24, 2.45) is 0 Å². The molecule has 0 bridgehead atoms. The fourth-order valence-electron chi connectivity index (χ4n) is 4.79. The van der Waals surface area contributed by atoms with E-state index >= 15 is 0 Å². The Kier molecular flexibility index (Phi) is 8.60. The SMILES string of the molecule is CCCCCCCCC(CC)(CC)c1ccc2c(Br)c(-c3ccc(C)s3)ccc2c1. The van der Waals surface area contributed by atoms with Gasteiger partial charge in [-0.05, 0) is 76.0 Å². The Hall–Kier alpha value is -1.12. The summed E-state index contributed by atoms with van der Waals surface area (Å²) in [7, 11) is 0. The van der Waals surface area contributed by atoms with E-state index in [4.69, 9.17) is 0 Å². The van der Waals surface area contributed by atoms with Crippen molar-refractivity contribution in [2.75, 3.05) is 0 Å². The van der Waals surface area contributed by atoms with Crippen molar-refractivity contribution in [1.82, 2.24) is 0 Å². The summed E-state index contributed by atoms with van der Waals surface area (Å²) in [6, 6.07) is 16.3. The molecule has 0 aliphatic heterocycles. The molecule has 1 aromatic heterocycles. The van der Waals surface area contributed by atoms with Gasteiger partial charge in [-0.1, -0.05) is 89.6 Å². The minimum absolute atomic E-state index is 0.314. The molecular formula is C28H37BrS. The molecule has 1 heterocycles. The van der Waals surface area contributed by atoms with Gasteiger partial charge in [-0.25, -0.2) is 0 Å². The summed E-state index contributed by atoms with van der Waals surface area (Å²) >= 11 is 5.78. The lowest BCUT2D eigenvalue weighted by molar-refractivity contribution is 0.348. The van der Waals surface area contributed by atoms with Crippen LogP contribution < -0.4 is 0 Å². The molecule has 0 fully saturated rings. The van der Waals surface area contributed by atoms with Crippen LogP contribution in [0.1, 0.15) is 89.0 Å². The standard InChI is InChI=1S/C28H37BrS/c1-5-8-9-10-11-12-19-28(6-2,7-3)23-15-17-24-22(20-23)14-16-25(27(24)29)26-18-13-21(4)30-26/h13-18,20H,5-12,19H2,1-4H3. The lowest BCUT2D eigenvalue weighted by Crippen LogP contribution is -2.24. The van der Waals surface area contributed by atoms with Gasteiger partial charge in [-0.2, -0.15) is 0 Å². The van der Waals surface area contributed by atoms with E-state index in [0.29, 0.717) is 5.41 Å². The van der Waals surface area contributed by atoms with Gasteiger partial charge in [0.25, 0.3) is 0 Å². The highest BCUT2D eigenvalue weighted by Crippen LogP contribution is 2.42. The maximum absolute atomic E-state index is 3.92. The summed E-state index contributed by atoms with van der Waals surface area (Å²) in [6.07, 6.45) is 12.0. The Morgan fingerprint density at radius 1 is 0.833 bits per heavy atom. The number of unbranched alkanes of at least 4 members (excludes halogenated alkanes) is 5. The maximum atomic E-state index is 3.92. The quantitative estimate of drug-likeness (QED) is 0.237. The first kappa shape index (κ1) is 23.5. The molecule has 0 unspecified atom stereocenters. The molecule has 0 nitrogen and oxygen atoms in total. The molecule has 0 aliphatic rings. The number of halogens is 1. The first-order valence-corrected chi connectivity index (χ1v) is 13.4. The molecule has 30 heavy (non-hydrogen) atoms. The van der Waals surface area contributed by atoms with Gasteiger partial charge in [0.1, 0.15) is 0 Å². The van der Waals surface area contributed by atoms with Crippen LogP contribution in [0.15, 0.2) is 46.9 Å². The summed E-state index contributed by atoms with van der Waals surface area (Å²) < 4.78 is 1.22. The van der Waals surface area contributed by atoms with E-state index in [1.165, 1.54) is 93.9 Å². The zero-order valence-corrected chi connectivity index (χ0v) is 21.6. The summed E-state index contributed by atoms with van der Waals surface area (Å²) in [6.45, 7) is 9.22. The topological polar surface area (TPSA) is 0 Å². The van der Waals surface area contributed by atoms with Crippen molar-refractivity contribution in [1.29, 1.82) is 0 Å². The zero-order valence-electron chi connectivity index (χ0n) is 19.2. The van der Waals surface area contributed by atoms with Crippen molar-refractivity contribution < 1.29 is 0 Å². The van der Waals surface area contributed by atoms with E-state index in [-0.39, 0.29) is 0 Å². The molecule has 0 atom stereocenters. The highest BCUT2D eigenvalue weighted by Gasteiger charge is 2.28. The largest absolute Gasteiger partial charge is 0.141 e. The summed E-state index contributed by atoms with van der Waals surface area (Å²) in [4.78, 5) is 2.70. The molecule has 162 valence electrons. The Balaban J connectivity index is 1.84. The number of hydrogen-bond acceptors (Lipinski definition) is 1. The van der Waals surface area contributed by atoms with Crippen LogP contribution >= 0.6 is 27.3 Å². The van der Waals surface area contributed by atoms with Crippen molar-refractivity contribution in [3.05, 3.63) is 57.4 Å². The third-order valence-corrected chi connectivity index (χ3v) is 8.82. The lowest BCUT2D eigenvalue weighted by Gasteiger charge is -2.33. The fourth-order valence-corrected chi connectivity index (χ4v) is 6.53. The smallest absolute Gasteiger partial charge is 0.0357 e. The number of thiophene rings is 1. The summed E-state index contributed by atoms with van der Waals surface area (Å²) in [5.41, 5.74) is 3.15. The number of aryl methyl sites for hydroxylation is 1. The van der Waals surface area contributed by atoms with E-state index in [9.17, 15) is 0 Å². The summed E-state index contributed by atoms with van der Waals surface area (Å²) in [5.74, 6) is 0. The average molecular weight is 486 g/mol. The average Bonchev–Trinajstić information content (AvgIpc) is 3.19. The molecule has 0 amide bonds. The molecule has 0 N–H and O–H groups in total. The number of rotatable bonds is 11. The zero-order chi connectivity index (χ0) is 21.6. The Labute approximate surface area is 196 Å². The number of fused-ring (bicyclic) bond motifs is 1. The van der Waals surface area contributed by atoms with Gasteiger partial charge in [0, 0.05) is 19.8 Å². The molecule has 0 saturated carbocycles. The van der Waals surface area contributed by atoms with Crippen molar-refractivity contribution in [3.63, 3.8) is 0 Å². The van der Waals surface area contributed by atoms with E-state index in [1.54, 1.807) is 0 Å². The first-order valence-electron chi connectivity index (χ1n) is 11.8. The van der Waals surface area contributed by atoms with E-state index < -0.39 is 0 Å². The third-order valence-electron chi connectivity index (χ3n) is 6.93. The molecule has 2 aromatic carbocycles. The molecule has 3 aromatic rings. The molecule has 0 spiro atoms. The second kappa shape index (κ2) is 11.0. The van der Waals surface area contributed by atoms with Crippen LogP contribution in [0.3, 0.4) is 0 Å². The predicted molar refractivity (Wildman–Crippen MR) is 140 cm³/mol. The molecule has 2 heteroatoms. The van der Waals surface area contributed by atoms with Gasteiger partial charge in [0.2, 0.25) is 0 Å².